The first kappa shape index (κ1) is 20.9. The van der Waals surface area contributed by atoms with Crippen LogP contribution in [-0.4, -0.2) is 35.7 Å². The lowest BCUT2D eigenvalue weighted by molar-refractivity contribution is 0.106. The van der Waals surface area contributed by atoms with Crippen molar-refractivity contribution < 1.29 is 14.3 Å². The third-order valence-corrected chi connectivity index (χ3v) is 6.36. The highest BCUT2D eigenvalue weighted by Crippen LogP contribution is 2.36. The first-order valence-electron chi connectivity index (χ1n) is 9.78. The van der Waals surface area contributed by atoms with Crippen LogP contribution in [-0.2, 0) is 11.3 Å². The first-order chi connectivity index (χ1) is 13.5. The van der Waals surface area contributed by atoms with Gasteiger partial charge in [-0.1, -0.05) is 18.0 Å². The summed E-state index contributed by atoms with van der Waals surface area (Å²) in [5.74, 6) is 0.843. The molecule has 0 bridgehead atoms. The topological polar surface area (TPSA) is 51.7 Å². The second kappa shape index (κ2) is 9.61. The molecule has 0 atom stereocenters. The number of nitrogens with zero attached hydrogens (tertiary/aromatic N) is 2. The van der Waals surface area contributed by atoms with E-state index in [0.717, 1.165) is 40.4 Å². The second-order valence-corrected chi connectivity index (χ2v) is 8.82. The Bertz CT molecular complexity index is 818. The van der Waals surface area contributed by atoms with Crippen molar-refractivity contribution in [2.45, 2.75) is 58.7 Å². The maximum absolute atomic E-state index is 11.9. The first-order valence-corrected chi connectivity index (χ1v) is 11.0. The molecule has 7 heteroatoms. The van der Waals surface area contributed by atoms with Gasteiger partial charge in [0.2, 0.25) is 0 Å². The van der Waals surface area contributed by atoms with E-state index in [2.05, 4.69) is 0 Å². The summed E-state index contributed by atoms with van der Waals surface area (Å²) in [6.07, 6.45) is 5.94. The van der Waals surface area contributed by atoms with E-state index in [-0.39, 0.29) is 12.7 Å². The minimum absolute atomic E-state index is 0.169. The smallest absolute Gasteiger partial charge is 0.409 e. The van der Waals surface area contributed by atoms with E-state index >= 15 is 0 Å². The monoisotopic (exact) mass is 422 g/mol. The molecule has 1 saturated carbocycles. The van der Waals surface area contributed by atoms with Crippen molar-refractivity contribution in [3.05, 3.63) is 33.8 Å². The van der Waals surface area contributed by atoms with Crippen molar-refractivity contribution in [3.8, 4) is 16.3 Å². The number of carbonyl (C=O) groups excluding carboxylic acids is 1. The Morgan fingerprint density at radius 3 is 2.75 bits per heavy atom. The minimum Gasteiger partial charge on any atom is -0.489 e. The van der Waals surface area contributed by atoms with E-state index < -0.39 is 0 Å². The van der Waals surface area contributed by atoms with Crippen LogP contribution in [0.2, 0.25) is 4.34 Å². The van der Waals surface area contributed by atoms with E-state index in [4.69, 9.17) is 26.1 Å². The molecule has 28 heavy (non-hydrogen) atoms. The molecule has 0 aliphatic heterocycles. The fraction of sp³-hybridized carbons (Fsp3) is 0.524. The van der Waals surface area contributed by atoms with E-state index in [1.54, 1.807) is 7.05 Å². The molecule has 0 spiro atoms. The van der Waals surface area contributed by atoms with Crippen LogP contribution in [0.5, 0.6) is 5.75 Å². The number of thiophene rings is 1. The quantitative estimate of drug-likeness (QED) is 0.566. The average Bonchev–Trinajstić information content (AvgIpc) is 3.08. The van der Waals surface area contributed by atoms with Crippen LogP contribution in [0.1, 0.15) is 50.3 Å². The van der Waals surface area contributed by atoms with Gasteiger partial charge < -0.3 is 14.4 Å². The van der Waals surface area contributed by atoms with E-state index in [1.807, 2.05) is 32.0 Å². The van der Waals surface area contributed by atoms with E-state index in [0.29, 0.717) is 17.0 Å². The lowest BCUT2D eigenvalue weighted by Crippen LogP contribution is -2.26. The molecule has 1 aliphatic rings. The molecule has 2 heterocycles. The molecule has 0 radical (unpaired) electrons. The third kappa shape index (κ3) is 5.17. The summed E-state index contributed by atoms with van der Waals surface area (Å²) in [4.78, 5) is 19.1. The highest BCUT2D eigenvalue weighted by atomic mass is 35.5. The second-order valence-electron chi connectivity index (χ2n) is 7.13. The van der Waals surface area contributed by atoms with E-state index in [1.165, 1.54) is 35.5 Å². The number of rotatable bonds is 6. The Morgan fingerprint density at radius 1 is 1.32 bits per heavy atom. The molecular formula is C21H27ClN2O3S. The number of aromatic nitrogens is 1. The summed E-state index contributed by atoms with van der Waals surface area (Å²) in [6, 6.07) is 5.78. The van der Waals surface area contributed by atoms with Crippen molar-refractivity contribution in [1.29, 1.82) is 0 Å². The zero-order valence-corrected chi connectivity index (χ0v) is 18.2. The number of halogens is 1. The van der Waals surface area contributed by atoms with Crippen LogP contribution in [0, 0.1) is 6.92 Å². The van der Waals surface area contributed by atoms with Gasteiger partial charge in [0, 0.05) is 19.2 Å². The normalized spacial score (nSPS) is 14.7. The van der Waals surface area contributed by atoms with Gasteiger partial charge in [-0.2, -0.15) is 0 Å². The molecule has 1 aliphatic carbocycles. The molecule has 152 valence electrons. The maximum Gasteiger partial charge on any atom is 0.409 e. The SMILES string of the molecule is CCN(C)C(=O)OCc1cc(Cl)sc1-c1ccc(OC2CCCCC2)c(C)n1. The Labute approximate surface area is 175 Å². The molecule has 1 fully saturated rings. The van der Waals surface area contributed by atoms with Gasteiger partial charge in [-0.05, 0) is 57.7 Å². The summed E-state index contributed by atoms with van der Waals surface area (Å²) < 4.78 is 12.2. The van der Waals surface area contributed by atoms with Crippen molar-refractivity contribution in [3.63, 3.8) is 0 Å². The summed E-state index contributed by atoms with van der Waals surface area (Å²) in [5, 5.41) is 0. The lowest BCUT2D eigenvalue weighted by atomic mass is 9.98. The molecule has 5 nitrogen and oxygen atoms in total. The van der Waals surface area contributed by atoms with Crippen LogP contribution in [0.15, 0.2) is 18.2 Å². The molecule has 2 aromatic heterocycles. The van der Waals surface area contributed by atoms with Gasteiger partial charge in [0.15, 0.2) is 0 Å². The largest absolute Gasteiger partial charge is 0.489 e. The van der Waals surface area contributed by atoms with Crippen molar-refractivity contribution in [1.82, 2.24) is 9.88 Å². The maximum atomic E-state index is 11.9. The summed E-state index contributed by atoms with van der Waals surface area (Å²) >= 11 is 7.68. The van der Waals surface area contributed by atoms with Gasteiger partial charge in [0.05, 0.1) is 26.7 Å². The lowest BCUT2D eigenvalue weighted by Gasteiger charge is -2.23. The van der Waals surface area contributed by atoms with Crippen molar-refractivity contribution in [2.24, 2.45) is 0 Å². The third-order valence-electron chi connectivity index (χ3n) is 5.03. The molecule has 0 N–H and O–H groups in total. The van der Waals surface area contributed by atoms with Gasteiger partial charge in [-0.25, -0.2) is 9.78 Å². The molecule has 2 aromatic rings. The van der Waals surface area contributed by atoms with Crippen LogP contribution >= 0.6 is 22.9 Å². The predicted octanol–water partition coefficient (Wildman–Crippen LogP) is 6.07. The van der Waals surface area contributed by atoms with Crippen LogP contribution in [0.3, 0.4) is 0 Å². The van der Waals surface area contributed by atoms with Gasteiger partial charge in [0.25, 0.3) is 0 Å². The van der Waals surface area contributed by atoms with Crippen molar-refractivity contribution in [2.75, 3.05) is 13.6 Å². The number of amides is 1. The van der Waals surface area contributed by atoms with Crippen LogP contribution in [0.25, 0.3) is 10.6 Å². The summed E-state index contributed by atoms with van der Waals surface area (Å²) in [7, 11) is 1.71. The highest BCUT2D eigenvalue weighted by Gasteiger charge is 2.18. The number of pyridine rings is 1. The average molecular weight is 423 g/mol. The highest BCUT2D eigenvalue weighted by molar-refractivity contribution is 7.19. The number of carbonyl (C=O) groups is 1. The van der Waals surface area contributed by atoms with Gasteiger partial charge in [-0.3, -0.25) is 0 Å². The zero-order chi connectivity index (χ0) is 20.1. The van der Waals surface area contributed by atoms with Gasteiger partial charge in [-0.15, -0.1) is 11.3 Å². The molecule has 0 aromatic carbocycles. The van der Waals surface area contributed by atoms with Crippen molar-refractivity contribution >= 4 is 29.0 Å². The Kier molecular flexibility index (Phi) is 7.18. The fourth-order valence-corrected chi connectivity index (χ4v) is 4.49. The Balaban J connectivity index is 1.74. The molecule has 1 amide bonds. The van der Waals surface area contributed by atoms with E-state index in [9.17, 15) is 4.79 Å². The van der Waals surface area contributed by atoms with Gasteiger partial charge in [0.1, 0.15) is 12.4 Å². The fourth-order valence-electron chi connectivity index (χ4n) is 3.26. The number of hydrogen-bond donors (Lipinski definition) is 0. The number of ether oxygens (including phenoxy) is 2. The molecule has 3 rings (SSSR count). The summed E-state index contributed by atoms with van der Waals surface area (Å²) in [5.41, 5.74) is 2.54. The van der Waals surface area contributed by atoms with Gasteiger partial charge >= 0.3 is 6.09 Å². The molecule has 0 unspecified atom stereocenters. The summed E-state index contributed by atoms with van der Waals surface area (Å²) in [6.45, 7) is 4.63. The zero-order valence-electron chi connectivity index (χ0n) is 16.7. The van der Waals surface area contributed by atoms with Crippen LogP contribution in [0.4, 0.5) is 4.79 Å². The molecular weight excluding hydrogens is 396 g/mol. The number of hydrogen-bond acceptors (Lipinski definition) is 5. The number of aryl methyl sites for hydroxylation is 1. The molecule has 0 saturated heterocycles. The minimum atomic E-state index is -0.351. The Hall–Kier alpha value is -1.79. The predicted molar refractivity (Wildman–Crippen MR) is 113 cm³/mol. The Morgan fingerprint density at radius 2 is 2.07 bits per heavy atom. The standard InChI is InChI=1S/C21H27ClN2O3S/c1-4-24(3)21(25)26-13-15-12-19(22)28-20(15)17-10-11-18(14(2)23-17)27-16-8-6-5-7-9-16/h10-12,16H,4-9,13H2,1-3H3. The van der Waals surface area contributed by atoms with Crippen LogP contribution < -0.4 is 4.74 Å².